The number of carbonyl (C=O) groups excluding carboxylic acids is 1. The van der Waals surface area contributed by atoms with Crippen molar-refractivity contribution in [2.75, 3.05) is 7.11 Å². The van der Waals surface area contributed by atoms with E-state index in [-0.39, 0.29) is 16.4 Å². The molecule has 0 radical (unpaired) electrons. The summed E-state index contributed by atoms with van der Waals surface area (Å²) >= 11 is 5.79. The molecule has 0 aliphatic rings. The van der Waals surface area contributed by atoms with Gasteiger partial charge in [-0.25, -0.2) is 14.6 Å². The number of pyridine rings is 1. The van der Waals surface area contributed by atoms with E-state index >= 15 is 0 Å². The topological polar surface area (TPSA) is 92.3 Å². The summed E-state index contributed by atoms with van der Waals surface area (Å²) in [5.41, 5.74) is 0.378. The minimum absolute atomic E-state index is 0.0226. The highest BCUT2D eigenvalue weighted by atomic mass is 35.5. The number of methoxy groups -OCH3 is 1. The average molecular weight is 255 g/mol. The molecule has 0 spiro atoms. The summed E-state index contributed by atoms with van der Waals surface area (Å²) < 4.78 is 4.53. The van der Waals surface area contributed by atoms with Crippen molar-refractivity contribution >= 4 is 34.6 Å². The number of aromatic carboxylic acids is 1. The van der Waals surface area contributed by atoms with Crippen LogP contribution in [0.25, 0.3) is 11.0 Å². The third kappa shape index (κ3) is 1.94. The number of nitrogens with one attached hydrogen (secondary N) is 1. The van der Waals surface area contributed by atoms with Gasteiger partial charge in [-0.15, -0.1) is 0 Å². The van der Waals surface area contributed by atoms with E-state index in [1.165, 1.54) is 19.2 Å². The second kappa shape index (κ2) is 4.06. The molecule has 2 heterocycles. The molecule has 2 N–H and O–H groups in total. The van der Waals surface area contributed by atoms with E-state index < -0.39 is 11.9 Å². The predicted molar refractivity (Wildman–Crippen MR) is 59.4 cm³/mol. The third-order valence-electron chi connectivity index (χ3n) is 2.19. The molecule has 2 aromatic heterocycles. The molecule has 88 valence electrons. The Morgan fingerprint density at radius 2 is 2.18 bits per heavy atom. The zero-order valence-corrected chi connectivity index (χ0v) is 9.41. The van der Waals surface area contributed by atoms with E-state index in [2.05, 4.69) is 14.7 Å². The standard InChI is InChI=1S/C10H7ClN2O4/c1-17-10(16)5-2-4-3-6(9(14)15)12-8(4)13-7(5)11/h2-3H,1H3,(H,12,13)(H,14,15). The maximum absolute atomic E-state index is 11.3. The lowest BCUT2D eigenvalue weighted by Crippen LogP contribution is -2.03. The summed E-state index contributed by atoms with van der Waals surface area (Å²) in [6, 6.07) is 2.80. The molecule has 2 rings (SSSR count). The Morgan fingerprint density at radius 3 is 2.76 bits per heavy atom. The molecule has 0 bridgehead atoms. The Labute approximate surface area is 100 Å². The van der Waals surface area contributed by atoms with Crippen LogP contribution in [-0.2, 0) is 4.74 Å². The van der Waals surface area contributed by atoms with Gasteiger partial charge in [0, 0.05) is 5.39 Å². The second-order valence-electron chi connectivity index (χ2n) is 3.24. The van der Waals surface area contributed by atoms with Crippen LogP contribution < -0.4 is 0 Å². The van der Waals surface area contributed by atoms with E-state index in [1.807, 2.05) is 0 Å². The lowest BCUT2D eigenvalue weighted by Gasteiger charge is -2.00. The Morgan fingerprint density at radius 1 is 1.47 bits per heavy atom. The number of hydrogen-bond acceptors (Lipinski definition) is 4. The molecular weight excluding hydrogens is 248 g/mol. The Bertz CT molecular complexity index is 620. The van der Waals surface area contributed by atoms with Crippen molar-refractivity contribution in [2.24, 2.45) is 0 Å². The van der Waals surface area contributed by atoms with Gasteiger partial charge in [0.1, 0.15) is 16.5 Å². The number of aromatic amines is 1. The number of halogens is 1. The van der Waals surface area contributed by atoms with Gasteiger partial charge < -0.3 is 14.8 Å². The van der Waals surface area contributed by atoms with Crippen molar-refractivity contribution in [3.63, 3.8) is 0 Å². The van der Waals surface area contributed by atoms with Crippen LogP contribution in [0.4, 0.5) is 0 Å². The number of ether oxygens (including phenoxy) is 1. The summed E-state index contributed by atoms with van der Waals surface area (Å²) in [5, 5.41) is 9.24. The van der Waals surface area contributed by atoms with Crippen molar-refractivity contribution in [1.29, 1.82) is 0 Å². The first-order chi connectivity index (χ1) is 8.02. The highest BCUT2D eigenvalue weighted by Gasteiger charge is 2.16. The lowest BCUT2D eigenvalue weighted by atomic mass is 10.2. The van der Waals surface area contributed by atoms with E-state index in [9.17, 15) is 9.59 Å². The number of carboxylic acids is 1. The van der Waals surface area contributed by atoms with Crippen LogP contribution in [0, 0.1) is 0 Å². The summed E-state index contributed by atoms with van der Waals surface area (Å²) in [5.74, 6) is -1.73. The zero-order valence-electron chi connectivity index (χ0n) is 8.65. The first kappa shape index (κ1) is 11.4. The fraction of sp³-hybridized carbons (Fsp3) is 0.100. The zero-order chi connectivity index (χ0) is 12.6. The van der Waals surface area contributed by atoms with Gasteiger partial charge in [-0.3, -0.25) is 0 Å². The van der Waals surface area contributed by atoms with Crippen LogP contribution in [0.15, 0.2) is 12.1 Å². The number of fused-ring (bicyclic) bond motifs is 1. The van der Waals surface area contributed by atoms with Gasteiger partial charge >= 0.3 is 11.9 Å². The van der Waals surface area contributed by atoms with Crippen LogP contribution in [0.1, 0.15) is 20.8 Å². The summed E-state index contributed by atoms with van der Waals surface area (Å²) in [6.07, 6.45) is 0. The number of carboxylic acid groups (broad SMARTS) is 1. The van der Waals surface area contributed by atoms with Gasteiger partial charge in [0.2, 0.25) is 0 Å². The molecule has 0 saturated carbocycles. The van der Waals surface area contributed by atoms with E-state index in [1.54, 1.807) is 0 Å². The normalized spacial score (nSPS) is 10.5. The van der Waals surface area contributed by atoms with Gasteiger partial charge in [-0.2, -0.15) is 0 Å². The van der Waals surface area contributed by atoms with E-state index in [0.717, 1.165) is 0 Å². The predicted octanol–water partition coefficient (Wildman–Crippen LogP) is 1.70. The summed E-state index contributed by atoms with van der Waals surface area (Å²) in [7, 11) is 1.22. The van der Waals surface area contributed by atoms with Crippen molar-refractivity contribution < 1.29 is 19.4 Å². The fourth-order valence-corrected chi connectivity index (χ4v) is 1.62. The number of hydrogen-bond donors (Lipinski definition) is 2. The number of esters is 1. The molecule has 0 atom stereocenters. The molecular formula is C10H7ClN2O4. The average Bonchev–Trinajstić information content (AvgIpc) is 2.69. The molecule has 0 unspecified atom stereocenters. The van der Waals surface area contributed by atoms with E-state index in [4.69, 9.17) is 16.7 Å². The Balaban J connectivity index is 2.63. The minimum atomic E-state index is -1.11. The maximum Gasteiger partial charge on any atom is 0.352 e. The van der Waals surface area contributed by atoms with Gasteiger partial charge in [-0.1, -0.05) is 11.6 Å². The number of aromatic nitrogens is 2. The van der Waals surface area contributed by atoms with Gasteiger partial charge in [0.05, 0.1) is 12.7 Å². The molecule has 0 saturated heterocycles. The van der Waals surface area contributed by atoms with Crippen LogP contribution >= 0.6 is 11.6 Å². The molecule has 0 aromatic carbocycles. The van der Waals surface area contributed by atoms with Gasteiger partial charge in [0.15, 0.2) is 0 Å². The molecule has 0 fully saturated rings. The molecule has 6 nitrogen and oxygen atoms in total. The molecule has 17 heavy (non-hydrogen) atoms. The summed E-state index contributed by atoms with van der Waals surface area (Å²) in [6.45, 7) is 0. The second-order valence-corrected chi connectivity index (χ2v) is 3.60. The Kier molecular flexibility index (Phi) is 2.72. The number of nitrogens with zero attached hydrogens (tertiary/aromatic N) is 1. The number of carbonyl (C=O) groups is 2. The fourth-order valence-electron chi connectivity index (χ4n) is 1.40. The summed E-state index contributed by atoms with van der Waals surface area (Å²) in [4.78, 5) is 28.6. The number of rotatable bonds is 2. The maximum atomic E-state index is 11.3. The van der Waals surface area contributed by atoms with Crippen molar-refractivity contribution in [3.8, 4) is 0 Å². The lowest BCUT2D eigenvalue weighted by molar-refractivity contribution is 0.0599. The smallest absolute Gasteiger partial charge is 0.352 e. The third-order valence-corrected chi connectivity index (χ3v) is 2.48. The molecule has 0 aliphatic heterocycles. The SMILES string of the molecule is COC(=O)c1cc2cc(C(=O)O)[nH]c2nc1Cl. The van der Waals surface area contributed by atoms with Crippen LogP contribution in [0.2, 0.25) is 5.15 Å². The quantitative estimate of drug-likeness (QED) is 0.629. The van der Waals surface area contributed by atoms with Gasteiger partial charge in [0.25, 0.3) is 0 Å². The first-order valence-corrected chi connectivity index (χ1v) is 4.91. The van der Waals surface area contributed by atoms with Crippen molar-refractivity contribution in [1.82, 2.24) is 9.97 Å². The van der Waals surface area contributed by atoms with Gasteiger partial charge in [-0.05, 0) is 12.1 Å². The highest BCUT2D eigenvalue weighted by molar-refractivity contribution is 6.32. The van der Waals surface area contributed by atoms with Crippen LogP contribution in [0.5, 0.6) is 0 Å². The van der Waals surface area contributed by atoms with Crippen LogP contribution in [-0.4, -0.2) is 34.1 Å². The Hall–Kier alpha value is -2.08. The molecule has 2 aromatic rings. The number of H-pyrrole nitrogens is 1. The molecule has 7 heteroatoms. The highest BCUT2D eigenvalue weighted by Crippen LogP contribution is 2.21. The first-order valence-electron chi connectivity index (χ1n) is 4.54. The van der Waals surface area contributed by atoms with Crippen LogP contribution in [0.3, 0.4) is 0 Å². The largest absolute Gasteiger partial charge is 0.477 e. The van der Waals surface area contributed by atoms with Crippen molar-refractivity contribution in [3.05, 3.63) is 28.5 Å². The van der Waals surface area contributed by atoms with E-state index in [0.29, 0.717) is 11.0 Å². The molecule has 0 amide bonds. The monoisotopic (exact) mass is 254 g/mol. The minimum Gasteiger partial charge on any atom is -0.477 e. The molecule has 0 aliphatic carbocycles. The van der Waals surface area contributed by atoms with Crippen molar-refractivity contribution in [2.45, 2.75) is 0 Å².